The van der Waals surface area contributed by atoms with Gasteiger partial charge in [-0.05, 0) is 12.1 Å². The van der Waals surface area contributed by atoms with E-state index in [4.69, 9.17) is 0 Å². The zero-order valence-corrected chi connectivity index (χ0v) is 11.3. The number of ketones is 1. The van der Waals surface area contributed by atoms with Gasteiger partial charge in [0.25, 0.3) is 0 Å². The number of rotatable bonds is 3. The van der Waals surface area contributed by atoms with Crippen LogP contribution in [0, 0.1) is 0 Å². The number of carbonyl (C=O) groups is 1. The van der Waals surface area contributed by atoms with Gasteiger partial charge in [-0.2, -0.15) is 0 Å². The molecule has 4 nitrogen and oxygen atoms in total. The van der Waals surface area contributed by atoms with E-state index in [2.05, 4.69) is 10.2 Å². The van der Waals surface area contributed by atoms with Crippen LogP contribution in [0.5, 0.6) is 0 Å². The van der Waals surface area contributed by atoms with Crippen molar-refractivity contribution in [2.24, 2.45) is 0 Å². The van der Waals surface area contributed by atoms with E-state index in [1.807, 2.05) is 19.0 Å². The van der Waals surface area contributed by atoms with Crippen molar-refractivity contribution >= 4 is 35.1 Å². The van der Waals surface area contributed by atoms with Crippen LogP contribution in [0.1, 0.15) is 10.5 Å². The second-order valence-corrected chi connectivity index (χ2v) is 6.23. The van der Waals surface area contributed by atoms with Crippen molar-refractivity contribution in [2.45, 2.75) is 0 Å². The summed E-state index contributed by atoms with van der Waals surface area (Å²) in [5.74, 6) is 2.84. The number of thioether (sulfide) groups is 2. The first kappa shape index (κ1) is 12.4. The molecular weight excluding hydrogens is 254 g/mol. The Morgan fingerprint density at radius 2 is 2.00 bits per heavy atom. The Morgan fingerprint density at radius 1 is 1.29 bits per heavy atom. The largest absolute Gasteiger partial charge is 0.361 e. The first-order valence-electron chi connectivity index (χ1n) is 5.19. The summed E-state index contributed by atoms with van der Waals surface area (Å²) in [6, 6.07) is 3.51. The van der Waals surface area contributed by atoms with Gasteiger partial charge in [-0.3, -0.25) is 4.79 Å². The summed E-state index contributed by atoms with van der Waals surface area (Å²) < 4.78 is 1.08. The third kappa shape index (κ3) is 3.23. The van der Waals surface area contributed by atoms with Crippen LogP contribution in [0.2, 0.25) is 0 Å². The van der Waals surface area contributed by atoms with Gasteiger partial charge in [0.2, 0.25) is 5.78 Å². The Morgan fingerprint density at radius 3 is 2.53 bits per heavy atom. The Labute approximate surface area is 109 Å². The van der Waals surface area contributed by atoms with Crippen molar-refractivity contribution in [1.29, 1.82) is 0 Å². The Kier molecular flexibility index (Phi) is 4.06. The third-order valence-corrected chi connectivity index (χ3v) is 4.77. The zero-order valence-electron chi connectivity index (χ0n) is 9.71. The molecule has 1 aromatic rings. The van der Waals surface area contributed by atoms with E-state index in [-0.39, 0.29) is 5.78 Å². The quantitative estimate of drug-likeness (QED) is 0.617. The maximum absolute atomic E-state index is 11.9. The van der Waals surface area contributed by atoms with Gasteiger partial charge >= 0.3 is 0 Å². The van der Waals surface area contributed by atoms with Gasteiger partial charge in [0.1, 0.15) is 5.69 Å². The summed E-state index contributed by atoms with van der Waals surface area (Å²) in [5.41, 5.74) is 0.399. The van der Waals surface area contributed by atoms with Gasteiger partial charge in [0.15, 0.2) is 5.82 Å². The zero-order chi connectivity index (χ0) is 12.3. The van der Waals surface area contributed by atoms with Crippen molar-refractivity contribution < 1.29 is 4.79 Å². The molecule has 0 radical (unpaired) electrons. The van der Waals surface area contributed by atoms with Crippen LogP contribution in [-0.2, 0) is 0 Å². The van der Waals surface area contributed by atoms with Crippen LogP contribution in [0.3, 0.4) is 0 Å². The van der Waals surface area contributed by atoms with Crippen LogP contribution in [0.4, 0.5) is 5.82 Å². The van der Waals surface area contributed by atoms with Crippen molar-refractivity contribution in [3.8, 4) is 0 Å². The Balaban J connectivity index is 2.11. The minimum atomic E-state index is -0.0697. The predicted molar refractivity (Wildman–Crippen MR) is 73.7 cm³/mol. The minimum Gasteiger partial charge on any atom is -0.361 e. The molecule has 17 heavy (non-hydrogen) atoms. The average molecular weight is 267 g/mol. The van der Waals surface area contributed by atoms with Gasteiger partial charge in [-0.1, -0.05) is 0 Å². The SMILES string of the molecule is CN(C)c1ccc(C(=O)C=C2SCCS2)nn1. The smallest absolute Gasteiger partial charge is 0.207 e. The van der Waals surface area contributed by atoms with Gasteiger partial charge < -0.3 is 4.90 Å². The van der Waals surface area contributed by atoms with Crippen molar-refractivity contribution in [1.82, 2.24) is 10.2 Å². The molecule has 1 aliphatic heterocycles. The van der Waals surface area contributed by atoms with E-state index in [0.29, 0.717) is 5.69 Å². The van der Waals surface area contributed by atoms with Crippen LogP contribution < -0.4 is 4.90 Å². The molecule has 2 heterocycles. The summed E-state index contributed by atoms with van der Waals surface area (Å²) >= 11 is 3.44. The van der Waals surface area contributed by atoms with Gasteiger partial charge in [-0.25, -0.2) is 0 Å². The molecule has 1 fully saturated rings. The normalized spacial score (nSPS) is 14.8. The van der Waals surface area contributed by atoms with Crippen LogP contribution in [-0.4, -0.2) is 41.6 Å². The number of carbonyl (C=O) groups excluding carboxylic acids is 1. The van der Waals surface area contributed by atoms with Crippen molar-refractivity contribution in [3.05, 3.63) is 28.1 Å². The molecule has 0 amide bonds. The predicted octanol–water partition coefficient (Wildman–Crippen LogP) is 2.05. The molecule has 2 rings (SSSR count). The fourth-order valence-electron chi connectivity index (χ4n) is 1.29. The van der Waals surface area contributed by atoms with Gasteiger partial charge in [0, 0.05) is 35.9 Å². The lowest BCUT2D eigenvalue weighted by Gasteiger charge is -2.09. The molecular formula is C11H13N3OS2. The number of anilines is 1. The highest BCUT2D eigenvalue weighted by atomic mass is 32.2. The number of hydrogen-bond donors (Lipinski definition) is 0. The summed E-state index contributed by atoms with van der Waals surface area (Å²) in [6.45, 7) is 0. The molecule has 0 unspecified atom stereocenters. The van der Waals surface area contributed by atoms with Crippen molar-refractivity contribution in [2.75, 3.05) is 30.5 Å². The van der Waals surface area contributed by atoms with E-state index in [0.717, 1.165) is 21.6 Å². The fraction of sp³-hybridized carbons (Fsp3) is 0.364. The molecule has 0 aliphatic carbocycles. The number of hydrogen-bond acceptors (Lipinski definition) is 6. The molecule has 90 valence electrons. The minimum absolute atomic E-state index is 0.0697. The van der Waals surface area contributed by atoms with E-state index in [1.165, 1.54) is 0 Å². The summed E-state index contributed by atoms with van der Waals surface area (Å²) in [6.07, 6.45) is 1.65. The second-order valence-electron chi connectivity index (χ2n) is 3.70. The molecule has 1 saturated heterocycles. The van der Waals surface area contributed by atoms with E-state index in [1.54, 1.807) is 41.7 Å². The van der Waals surface area contributed by atoms with E-state index < -0.39 is 0 Å². The number of nitrogens with zero attached hydrogens (tertiary/aromatic N) is 3. The molecule has 6 heteroatoms. The molecule has 0 atom stereocenters. The van der Waals surface area contributed by atoms with Gasteiger partial charge in [0.05, 0.1) is 0 Å². The molecule has 0 N–H and O–H groups in total. The van der Waals surface area contributed by atoms with Crippen molar-refractivity contribution in [3.63, 3.8) is 0 Å². The van der Waals surface area contributed by atoms with Crippen LogP contribution in [0.25, 0.3) is 0 Å². The molecule has 1 aromatic heterocycles. The fourth-order valence-corrected chi connectivity index (χ4v) is 3.57. The highest BCUT2D eigenvalue weighted by Crippen LogP contribution is 2.36. The van der Waals surface area contributed by atoms with E-state index in [9.17, 15) is 4.79 Å². The monoisotopic (exact) mass is 267 g/mol. The average Bonchev–Trinajstić information content (AvgIpc) is 2.82. The van der Waals surface area contributed by atoms with Crippen LogP contribution >= 0.6 is 23.5 Å². The van der Waals surface area contributed by atoms with Crippen LogP contribution in [0.15, 0.2) is 22.4 Å². The van der Waals surface area contributed by atoms with E-state index >= 15 is 0 Å². The first-order chi connectivity index (χ1) is 8.16. The first-order valence-corrected chi connectivity index (χ1v) is 7.16. The second kappa shape index (κ2) is 5.55. The lowest BCUT2D eigenvalue weighted by Crippen LogP contribution is -2.12. The Hall–Kier alpha value is -1.01. The number of allylic oxidation sites excluding steroid dienone is 1. The molecule has 0 bridgehead atoms. The summed E-state index contributed by atoms with van der Waals surface area (Å²) in [7, 11) is 3.78. The topological polar surface area (TPSA) is 46.1 Å². The molecule has 1 aliphatic rings. The molecule has 0 spiro atoms. The maximum Gasteiger partial charge on any atom is 0.207 e. The standard InChI is InChI=1S/C11H13N3OS2/c1-14(2)10-4-3-8(12-13-10)9(15)7-11-16-5-6-17-11/h3-4,7H,5-6H2,1-2H3. The lowest BCUT2D eigenvalue weighted by molar-refractivity contribution is 0.104. The lowest BCUT2D eigenvalue weighted by atomic mass is 10.2. The molecule has 0 saturated carbocycles. The summed E-state index contributed by atoms with van der Waals surface area (Å²) in [5, 5.41) is 7.92. The third-order valence-electron chi connectivity index (χ3n) is 2.18. The van der Waals surface area contributed by atoms with Gasteiger partial charge in [-0.15, -0.1) is 33.7 Å². The molecule has 0 aromatic carbocycles. The summed E-state index contributed by atoms with van der Waals surface area (Å²) in [4.78, 5) is 13.7. The maximum atomic E-state index is 11.9. The highest BCUT2D eigenvalue weighted by Gasteiger charge is 2.12. The Bertz CT molecular complexity index is 435. The number of aromatic nitrogens is 2. The highest BCUT2D eigenvalue weighted by molar-refractivity contribution is 8.25.